The van der Waals surface area contributed by atoms with Crippen LogP contribution < -0.4 is 5.32 Å². The number of fused-ring (bicyclic) bond motifs is 1. The standard InChI is InChI=1S/C14H18N4O2/c1-3-10-7-18(8-11(10)15-5-1)9-13-16-14(20-17-13)12-4-2-6-19-12/h2,4,6,10-11,15H,1,3,5,7-9H2. The Balaban J connectivity index is 1.42. The van der Waals surface area contributed by atoms with Gasteiger partial charge in [-0.2, -0.15) is 4.98 Å². The molecule has 2 saturated heterocycles. The number of nitrogens with zero attached hydrogens (tertiary/aromatic N) is 3. The van der Waals surface area contributed by atoms with Crippen molar-refractivity contribution in [3.63, 3.8) is 0 Å². The molecule has 2 aromatic heterocycles. The highest BCUT2D eigenvalue weighted by Crippen LogP contribution is 2.26. The summed E-state index contributed by atoms with van der Waals surface area (Å²) in [6.07, 6.45) is 4.23. The maximum atomic E-state index is 5.26. The molecule has 2 unspecified atom stereocenters. The van der Waals surface area contributed by atoms with E-state index in [2.05, 4.69) is 20.4 Å². The number of nitrogens with one attached hydrogen (secondary N) is 1. The van der Waals surface area contributed by atoms with Gasteiger partial charge in [-0.3, -0.25) is 4.90 Å². The van der Waals surface area contributed by atoms with E-state index in [0.29, 0.717) is 17.7 Å². The Labute approximate surface area is 117 Å². The SMILES string of the molecule is c1coc(-c2nc(CN3CC4CCCNC4C3)no2)c1. The van der Waals surface area contributed by atoms with Gasteiger partial charge in [-0.05, 0) is 37.4 Å². The molecule has 106 valence electrons. The molecule has 0 aliphatic carbocycles. The van der Waals surface area contributed by atoms with Gasteiger partial charge in [0.1, 0.15) is 0 Å². The highest BCUT2D eigenvalue weighted by atomic mass is 16.5. The zero-order valence-electron chi connectivity index (χ0n) is 11.3. The predicted octanol–water partition coefficient (Wildman–Crippen LogP) is 1.51. The zero-order chi connectivity index (χ0) is 13.4. The number of hydrogen-bond acceptors (Lipinski definition) is 6. The quantitative estimate of drug-likeness (QED) is 0.915. The third-order valence-corrected chi connectivity index (χ3v) is 4.24. The van der Waals surface area contributed by atoms with Gasteiger partial charge in [0.2, 0.25) is 0 Å². The lowest BCUT2D eigenvalue weighted by molar-refractivity contribution is 0.297. The van der Waals surface area contributed by atoms with Crippen LogP contribution in [0.5, 0.6) is 0 Å². The van der Waals surface area contributed by atoms with Gasteiger partial charge in [-0.25, -0.2) is 0 Å². The number of piperidine rings is 1. The van der Waals surface area contributed by atoms with E-state index in [1.165, 1.54) is 12.8 Å². The molecule has 0 saturated carbocycles. The molecule has 0 radical (unpaired) electrons. The molecule has 6 nitrogen and oxygen atoms in total. The fourth-order valence-electron chi connectivity index (χ4n) is 3.28. The Morgan fingerprint density at radius 3 is 3.25 bits per heavy atom. The van der Waals surface area contributed by atoms with Crippen LogP contribution in [-0.4, -0.2) is 40.7 Å². The number of rotatable bonds is 3. The first-order chi connectivity index (χ1) is 9.88. The van der Waals surface area contributed by atoms with Crippen LogP contribution in [0.3, 0.4) is 0 Å². The van der Waals surface area contributed by atoms with E-state index in [-0.39, 0.29) is 0 Å². The van der Waals surface area contributed by atoms with Gasteiger partial charge in [-0.15, -0.1) is 0 Å². The summed E-state index contributed by atoms with van der Waals surface area (Å²) in [5.41, 5.74) is 0. The fraction of sp³-hybridized carbons (Fsp3) is 0.571. The molecule has 20 heavy (non-hydrogen) atoms. The molecule has 0 aromatic carbocycles. The molecule has 0 amide bonds. The minimum Gasteiger partial charge on any atom is -0.459 e. The van der Waals surface area contributed by atoms with Crippen LogP contribution in [-0.2, 0) is 6.54 Å². The zero-order valence-corrected chi connectivity index (χ0v) is 11.3. The van der Waals surface area contributed by atoms with Crippen molar-refractivity contribution in [1.29, 1.82) is 0 Å². The monoisotopic (exact) mass is 274 g/mol. The summed E-state index contributed by atoms with van der Waals surface area (Å²) in [5, 5.41) is 7.65. The third kappa shape index (κ3) is 2.25. The number of aromatic nitrogens is 2. The lowest BCUT2D eigenvalue weighted by atomic mass is 9.94. The molecular weight excluding hydrogens is 256 g/mol. The van der Waals surface area contributed by atoms with E-state index < -0.39 is 0 Å². The first-order valence-corrected chi connectivity index (χ1v) is 7.21. The van der Waals surface area contributed by atoms with Gasteiger partial charge in [0.05, 0.1) is 12.8 Å². The van der Waals surface area contributed by atoms with Crippen molar-refractivity contribution in [2.45, 2.75) is 25.4 Å². The maximum Gasteiger partial charge on any atom is 0.293 e. The van der Waals surface area contributed by atoms with Crippen molar-refractivity contribution in [3.8, 4) is 11.7 Å². The Kier molecular flexibility index (Phi) is 3.05. The smallest absolute Gasteiger partial charge is 0.293 e. The van der Waals surface area contributed by atoms with E-state index in [0.717, 1.165) is 37.9 Å². The largest absolute Gasteiger partial charge is 0.459 e. The Hall–Kier alpha value is -1.66. The molecule has 2 aliphatic rings. The lowest BCUT2D eigenvalue weighted by Gasteiger charge is -2.24. The maximum absolute atomic E-state index is 5.26. The van der Waals surface area contributed by atoms with Crippen molar-refractivity contribution >= 4 is 0 Å². The van der Waals surface area contributed by atoms with Gasteiger partial charge in [0, 0.05) is 19.1 Å². The van der Waals surface area contributed by atoms with Crippen molar-refractivity contribution in [2.24, 2.45) is 5.92 Å². The molecule has 4 rings (SSSR count). The van der Waals surface area contributed by atoms with Crippen molar-refractivity contribution < 1.29 is 8.94 Å². The fourth-order valence-corrected chi connectivity index (χ4v) is 3.28. The summed E-state index contributed by atoms with van der Waals surface area (Å²) >= 11 is 0. The summed E-state index contributed by atoms with van der Waals surface area (Å²) < 4.78 is 10.5. The predicted molar refractivity (Wildman–Crippen MR) is 71.8 cm³/mol. The number of furan rings is 1. The summed E-state index contributed by atoms with van der Waals surface area (Å²) in [6.45, 7) is 4.11. The number of likely N-dealkylation sites (tertiary alicyclic amines) is 1. The second kappa shape index (κ2) is 5.03. The topological polar surface area (TPSA) is 67.3 Å². The highest BCUT2D eigenvalue weighted by molar-refractivity contribution is 5.42. The first kappa shape index (κ1) is 12.1. The normalized spacial score (nSPS) is 26.8. The van der Waals surface area contributed by atoms with Crippen LogP contribution >= 0.6 is 0 Å². The van der Waals surface area contributed by atoms with Gasteiger partial charge in [0.25, 0.3) is 5.89 Å². The molecule has 2 atom stereocenters. The molecule has 2 fully saturated rings. The summed E-state index contributed by atoms with van der Waals surface area (Å²) in [4.78, 5) is 6.81. The van der Waals surface area contributed by atoms with Crippen LogP contribution in [0.25, 0.3) is 11.7 Å². The lowest BCUT2D eigenvalue weighted by Crippen LogP contribution is -2.40. The van der Waals surface area contributed by atoms with Crippen LogP contribution in [0.1, 0.15) is 18.7 Å². The first-order valence-electron chi connectivity index (χ1n) is 7.21. The van der Waals surface area contributed by atoms with Crippen LogP contribution in [0.15, 0.2) is 27.3 Å². The second-order valence-corrected chi connectivity index (χ2v) is 5.65. The molecule has 0 spiro atoms. The average molecular weight is 274 g/mol. The molecular formula is C14H18N4O2. The van der Waals surface area contributed by atoms with E-state index >= 15 is 0 Å². The molecule has 4 heterocycles. The van der Waals surface area contributed by atoms with Gasteiger partial charge in [0.15, 0.2) is 11.6 Å². The molecule has 6 heteroatoms. The van der Waals surface area contributed by atoms with Crippen LogP contribution in [0.2, 0.25) is 0 Å². The molecule has 2 aromatic rings. The van der Waals surface area contributed by atoms with E-state index in [9.17, 15) is 0 Å². The van der Waals surface area contributed by atoms with E-state index in [1.54, 1.807) is 6.26 Å². The molecule has 1 N–H and O–H groups in total. The Morgan fingerprint density at radius 1 is 1.40 bits per heavy atom. The van der Waals surface area contributed by atoms with Crippen LogP contribution in [0.4, 0.5) is 0 Å². The van der Waals surface area contributed by atoms with Crippen molar-refractivity contribution in [1.82, 2.24) is 20.4 Å². The van der Waals surface area contributed by atoms with Gasteiger partial charge >= 0.3 is 0 Å². The van der Waals surface area contributed by atoms with E-state index in [4.69, 9.17) is 8.94 Å². The van der Waals surface area contributed by atoms with Crippen molar-refractivity contribution in [2.75, 3.05) is 19.6 Å². The minimum atomic E-state index is 0.458. The van der Waals surface area contributed by atoms with Gasteiger partial charge < -0.3 is 14.3 Å². The summed E-state index contributed by atoms with van der Waals surface area (Å²) in [6, 6.07) is 4.28. The van der Waals surface area contributed by atoms with Crippen molar-refractivity contribution in [3.05, 3.63) is 24.2 Å². The highest BCUT2D eigenvalue weighted by Gasteiger charge is 2.34. The second-order valence-electron chi connectivity index (χ2n) is 5.65. The Bertz CT molecular complexity index is 552. The molecule has 0 bridgehead atoms. The summed E-state index contributed by atoms with van der Waals surface area (Å²) in [7, 11) is 0. The van der Waals surface area contributed by atoms with Gasteiger partial charge in [-0.1, -0.05) is 5.16 Å². The van der Waals surface area contributed by atoms with E-state index in [1.807, 2.05) is 12.1 Å². The average Bonchev–Trinajstić information content (AvgIpc) is 3.18. The van der Waals surface area contributed by atoms with Crippen LogP contribution in [0, 0.1) is 5.92 Å². The summed E-state index contributed by atoms with van der Waals surface area (Å²) in [5.74, 6) is 2.59. The molecule has 2 aliphatic heterocycles. The minimum absolute atomic E-state index is 0.458. The number of hydrogen-bond donors (Lipinski definition) is 1. The third-order valence-electron chi connectivity index (χ3n) is 4.24. The Morgan fingerprint density at radius 2 is 2.40 bits per heavy atom.